The van der Waals surface area contributed by atoms with Crippen molar-refractivity contribution in [2.75, 3.05) is 39.4 Å². The molecule has 0 aromatic heterocycles. The van der Waals surface area contributed by atoms with Crippen molar-refractivity contribution in [1.82, 2.24) is 10.2 Å². The number of hydrogen-bond donors (Lipinski definition) is 1. The van der Waals surface area contributed by atoms with Gasteiger partial charge in [0.2, 0.25) is 0 Å². The van der Waals surface area contributed by atoms with E-state index in [0.717, 1.165) is 45.9 Å². The number of hydrogen-bond acceptors (Lipinski definition) is 3. The molecule has 3 nitrogen and oxygen atoms in total. The molecule has 106 valence electrons. The Labute approximate surface area is 120 Å². The molecule has 0 unspecified atom stereocenters. The van der Waals surface area contributed by atoms with E-state index >= 15 is 0 Å². The number of nitrogens with one attached hydrogen (secondary N) is 1. The highest BCUT2D eigenvalue weighted by molar-refractivity contribution is 5.82. The third-order valence-electron chi connectivity index (χ3n) is 3.85. The maximum atomic E-state index is 5.35. The third kappa shape index (κ3) is 3.57. The van der Waals surface area contributed by atoms with Crippen LogP contribution in [0.2, 0.25) is 0 Å². The highest BCUT2D eigenvalue weighted by atomic mass is 16.5. The predicted molar refractivity (Wildman–Crippen MR) is 82.9 cm³/mol. The minimum absolute atomic E-state index is 0.880. The van der Waals surface area contributed by atoms with Crippen LogP contribution in [0, 0.1) is 0 Å². The molecule has 1 saturated heterocycles. The maximum absolute atomic E-state index is 5.35. The second-order valence-corrected chi connectivity index (χ2v) is 5.31. The standard InChI is InChI=1S/C17H22N2O/c1-2-4-17-13-15(5-6-16(17)3-1)14-18-7-8-19-9-11-20-12-10-19/h1-6,13,18H,7-12,14H2. The Morgan fingerprint density at radius 1 is 1.00 bits per heavy atom. The minimum atomic E-state index is 0.880. The van der Waals surface area contributed by atoms with Crippen molar-refractivity contribution in [1.29, 1.82) is 0 Å². The molecular formula is C17H22N2O. The van der Waals surface area contributed by atoms with E-state index in [9.17, 15) is 0 Å². The zero-order valence-corrected chi connectivity index (χ0v) is 11.8. The monoisotopic (exact) mass is 270 g/mol. The van der Waals surface area contributed by atoms with Gasteiger partial charge < -0.3 is 10.1 Å². The van der Waals surface area contributed by atoms with Crippen LogP contribution in [0.25, 0.3) is 10.8 Å². The molecule has 1 aliphatic rings. The fraction of sp³-hybridized carbons (Fsp3) is 0.412. The number of ether oxygens (including phenoxy) is 1. The van der Waals surface area contributed by atoms with Crippen LogP contribution in [0.3, 0.4) is 0 Å². The Morgan fingerprint density at radius 3 is 2.65 bits per heavy atom. The van der Waals surface area contributed by atoms with E-state index in [0.29, 0.717) is 0 Å². The van der Waals surface area contributed by atoms with Crippen molar-refractivity contribution in [3.8, 4) is 0 Å². The lowest BCUT2D eigenvalue weighted by molar-refractivity contribution is 0.0384. The van der Waals surface area contributed by atoms with E-state index in [1.807, 2.05) is 0 Å². The second kappa shape index (κ2) is 6.84. The van der Waals surface area contributed by atoms with Gasteiger partial charge in [0.25, 0.3) is 0 Å². The molecular weight excluding hydrogens is 248 g/mol. The van der Waals surface area contributed by atoms with E-state index in [1.54, 1.807) is 0 Å². The summed E-state index contributed by atoms with van der Waals surface area (Å²) in [5.41, 5.74) is 1.35. The summed E-state index contributed by atoms with van der Waals surface area (Å²) in [7, 11) is 0. The summed E-state index contributed by atoms with van der Waals surface area (Å²) in [4.78, 5) is 2.46. The average molecular weight is 270 g/mol. The minimum Gasteiger partial charge on any atom is -0.379 e. The fourth-order valence-corrected chi connectivity index (χ4v) is 2.64. The van der Waals surface area contributed by atoms with Gasteiger partial charge in [-0.2, -0.15) is 0 Å². The number of rotatable bonds is 5. The molecule has 0 spiro atoms. The van der Waals surface area contributed by atoms with Gasteiger partial charge in [0.15, 0.2) is 0 Å². The first-order valence-electron chi connectivity index (χ1n) is 7.40. The quantitative estimate of drug-likeness (QED) is 0.844. The van der Waals surface area contributed by atoms with Gasteiger partial charge in [-0.1, -0.05) is 36.4 Å². The van der Waals surface area contributed by atoms with Crippen LogP contribution < -0.4 is 5.32 Å². The van der Waals surface area contributed by atoms with Crippen LogP contribution in [0.1, 0.15) is 5.56 Å². The molecule has 3 rings (SSSR count). The van der Waals surface area contributed by atoms with Gasteiger partial charge in [0.1, 0.15) is 0 Å². The van der Waals surface area contributed by atoms with E-state index in [1.165, 1.54) is 16.3 Å². The Balaban J connectivity index is 1.47. The van der Waals surface area contributed by atoms with E-state index in [4.69, 9.17) is 4.74 Å². The van der Waals surface area contributed by atoms with Gasteiger partial charge in [-0.25, -0.2) is 0 Å². The zero-order chi connectivity index (χ0) is 13.6. The maximum Gasteiger partial charge on any atom is 0.0594 e. The number of morpholine rings is 1. The number of nitrogens with zero attached hydrogens (tertiary/aromatic N) is 1. The van der Waals surface area contributed by atoms with Crippen LogP contribution in [-0.2, 0) is 11.3 Å². The highest BCUT2D eigenvalue weighted by Gasteiger charge is 2.08. The van der Waals surface area contributed by atoms with Crippen LogP contribution in [0.4, 0.5) is 0 Å². The molecule has 1 heterocycles. The Morgan fingerprint density at radius 2 is 1.80 bits per heavy atom. The third-order valence-corrected chi connectivity index (χ3v) is 3.85. The molecule has 1 aliphatic heterocycles. The molecule has 0 bridgehead atoms. The molecule has 0 aliphatic carbocycles. The summed E-state index contributed by atoms with van der Waals surface area (Å²) >= 11 is 0. The molecule has 0 atom stereocenters. The lowest BCUT2D eigenvalue weighted by atomic mass is 10.1. The molecule has 0 amide bonds. The zero-order valence-electron chi connectivity index (χ0n) is 11.8. The Hall–Kier alpha value is -1.42. The summed E-state index contributed by atoms with van der Waals surface area (Å²) in [6.07, 6.45) is 0. The van der Waals surface area contributed by atoms with Crippen molar-refractivity contribution in [3.63, 3.8) is 0 Å². The van der Waals surface area contributed by atoms with Crippen LogP contribution in [-0.4, -0.2) is 44.3 Å². The molecule has 2 aromatic rings. The van der Waals surface area contributed by atoms with Gasteiger partial charge >= 0.3 is 0 Å². The smallest absolute Gasteiger partial charge is 0.0594 e. The summed E-state index contributed by atoms with van der Waals surface area (Å²) in [5, 5.41) is 6.16. The normalized spacial score (nSPS) is 16.6. The van der Waals surface area contributed by atoms with E-state index in [-0.39, 0.29) is 0 Å². The number of fused-ring (bicyclic) bond motifs is 1. The van der Waals surface area contributed by atoms with Gasteiger partial charge in [-0.05, 0) is 22.4 Å². The van der Waals surface area contributed by atoms with Crippen LogP contribution in [0.15, 0.2) is 42.5 Å². The molecule has 20 heavy (non-hydrogen) atoms. The molecule has 1 N–H and O–H groups in total. The summed E-state index contributed by atoms with van der Waals surface area (Å²) in [6.45, 7) is 6.98. The molecule has 0 saturated carbocycles. The van der Waals surface area contributed by atoms with Crippen molar-refractivity contribution in [3.05, 3.63) is 48.0 Å². The molecule has 2 aromatic carbocycles. The molecule has 1 fully saturated rings. The lowest BCUT2D eigenvalue weighted by Crippen LogP contribution is -2.40. The van der Waals surface area contributed by atoms with Crippen LogP contribution >= 0.6 is 0 Å². The van der Waals surface area contributed by atoms with Gasteiger partial charge in [0, 0.05) is 32.7 Å². The Bertz CT molecular complexity index is 549. The average Bonchev–Trinajstić information content (AvgIpc) is 2.52. The molecule has 0 radical (unpaired) electrons. The largest absolute Gasteiger partial charge is 0.379 e. The fourth-order valence-electron chi connectivity index (χ4n) is 2.64. The van der Waals surface area contributed by atoms with Crippen molar-refractivity contribution < 1.29 is 4.74 Å². The second-order valence-electron chi connectivity index (χ2n) is 5.31. The van der Waals surface area contributed by atoms with E-state index in [2.05, 4.69) is 52.7 Å². The van der Waals surface area contributed by atoms with Crippen molar-refractivity contribution in [2.45, 2.75) is 6.54 Å². The summed E-state index contributed by atoms with van der Waals surface area (Å²) < 4.78 is 5.35. The first kappa shape index (κ1) is 13.6. The SMILES string of the molecule is c1ccc2cc(CNCCN3CCOCC3)ccc2c1. The first-order valence-corrected chi connectivity index (χ1v) is 7.40. The lowest BCUT2D eigenvalue weighted by Gasteiger charge is -2.26. The van der Waals surface area contributed by atoms with Crippen LogP contribution in [0.5, 0.6) is 0 Å². The van der Waals surface area contributed by atoms with Crippen molar-refractivity contribution >= 4 is 10.8 Å². The van der Waals surface area contributed by atoms with Gasteiger partial charge in [0.05, 0.1) is 13.2 Å². The Kier molecular flexibility index (Phi) is 4.64. The van der Waals surface area contributed by atoms with Gasteiger partial charge in [-0.15, -0.1) is 0 Å². The van der Waals surface area contributed by atoms with E-state index < -0.39 is 0 Å². The topological polar surface area (TPSA) is 24.5 Å². The van der Waals surface area contributed by atoms with Gasteiger partial charge in [-0.3, -0.25) is 4.90 Å². The number of benzene rings is 2. The summed E-state index contributed by atoms with van der Waals surface area (Å²) in [6, 6.07) is 15.2. The summed E-state index contributed by atoms with van der Waals surface area (Å²) in [5.74, 6) is 0. The molecule has 3 heteroatoms. The van der Waals surface area contributed by atoms with Crippen molar-refractivity contribution in [2.24, 2.45) is 0 Å². The highest BCUT2D eigenvalue weighted by Crippen LogP contribution is 2.15. The predicted octanol–water partition coefficient (Wildman–Crippen LogP) is 2.26. The first-order chi connectivity index (χ1) is 9.92.